The van der Waals surface area contributed by atoms with Gasteiger partial charge in [0, 0.05) is 0 Å². The van der Waals surface area contributed by atoms with E-state index in [0.29, 0.717) is 12.2 Å². The van der Waals surface area contributed by atoms with Gasteiger partial charge in [-0.1, -0.05) is 12.1 Å². The van der Waals surface area contributed by atoms with Gasteiger partial charge in [-0.2, -0.15) is 0 Å². The van der Waals surface area contributed by atoms with Crippen LogP contribution in [0, 0.1) is 6.92 Å². The van der Waals surface area contributed by atoms with Gasteiger partial charge in [0.05, 0.1) is 17.6 Å². The monoisotopic (exact) mass is 279 g/mol. The molecule has 0 bridgehead atoms. The minimum absolute atomic E-state index is 0.554. The van der Waals surface area contributed by atoms with Crippen molar-refractivity contribution in [3.63, 3.8) is 0 Å². The van der Waals surface area contributed by atoms with Crippen molar-refractivity contribution in [1.29, 1.82) is 0 Å². The number of benzene rings is 1. The summed E-state index contributed by atoms with van der Waals surface area (Å²) in [6.45, 7) is 2.45. The number of anilines is 1. The number of imidazole rings is 2. The van der Waals surface area contributed by atoms with Crippen LogP contribution in [0.25, 0.3) is 22.2 Å². The standard InChI is InChI=1S/C14H13N7/c1-8-18-12-13(16-7-17-14(12)19-8)15-6-11-20-9-4-2-3-5-10(9)21-11/h2-5,7H,6H2,1H3,(H,20,21)(H2,15,16,17,18,19). The van der Waals surface area contributed by atoms with Crippen molar-refractivity contribution in [2.24, 2.45) is 0 Å². The molecule has 0 saturated carbocycles. The Balaban J connectivity index is 1.63. The maximum absolute atomic E-state index is 4.53. The Morgan fingerprint density at radius 2 is 2.00 bits per heavy atom. The van der Waals surface area contributed by atoms with Gasteiger partial charge in [0.1, 0.15) is 23.5 Å². The molecule has 104 valence electrons. The third kappa shape index (κ3) is 2.08. The van der Waals surface area contributed by atoms with E-state index >= 15 is 0 Å². The molecule has 4 aromatic rings. The number of H-pyrrole nitrogens is 2. The minimum atomic E-state index is 0.554. The van der Waals surface area contributed by atoms with E-state index in [9.17, 15) is 0 Å². The number of aromatic amines is 2. The van der Waals surface area contributed by atoms with Crippen molar-refractivity contribution >= 4 is 28.0 Å². The summed E-state index contributed by atoms with van der Waals surface area (Å²) in [6, 6.07) is 7.95. The maximum Gasteiger partial charge on any atom is 0.183 e. The van der Waals surface area contributed by atoms with Crippen LogP contribution in [0.5, 0.6) is 0 Å². The molecule has 4 rings (SSSR count). The van der Waals surface area contributed by atoms with Crippen LogP contribution in [0.15, 0.2) is 30.6 Å². The Bertz CT molecular complexity index is 888. The predicted octanol–water partition coefficient (Wildman–Crippen LogP) is 2.15. The first-order chi connectivity index (χ1) is 10.3. The van der Waals surface area contributed by atoms with Crippen LogP contribution >= 0.6 is 0 Å². The Kier molecular flexibility index (Phi) is 2.56. The first-order valence-electron chi connectivity index (χ1n) is 6.64. The van der Waals surface area contributed by atoms with Gasteiger partial charge in [-0.15, -0.1) is 0 Å². The van der Waals surface area contributed by atoms with Crippen LogP contribution in [0.2, 0.25) is 0 Å². The molecule has 7 nitrogen and oxygen atoms in total. The van der Waals surface area contributed by atoms with Gasteiger partial charge in [-0.05, 0) is 19.1 Å². The molecule has 7 heteroatoms. The minimum Gasteiger partial charge on any atom is -0.361 e. The number of nitrogens with one attached hydrogen (secondary N) is 3. The van der Waals surface area contributed by atoms with Crippen molar-refractivity contribution in [2.45, 2.75) is 13.5 Å². The lowest BCUT2D eigenvalue weighted by atomic mass is 10.3. The highest BCUT2D eigenvalue weighted by Crippen LogP contribution is 2.17. The quantitative estimate of drug-likeness (QED) is 0.534. The van der Waals surface area contributed by atoms with Crippen LogP contribution < -0.4 is 5.32 Å². The van der Waals surface area contributed by atoms with E-state index in [0.717, 1.165) is 34.0 Å². The second-order valence-electron chi connectivity index (χ2n) is 4.80. The summed E-state index contributed by atoms with van der Waals surface area (Å²) in [6.07, 6.45) is 1.50. The molecule has 0 aliphatic carbocycles. The molecule has 0 amide bonds. The number of hydrogen-bond acceptors (Lipinski definition) is 5. The highest BCUT2D eigenvalue weighted by Gasteiger charge is 2.08. The molecule has 0 unspecified atom stereocenters. The largest absolute Gasteiger partial charge is 0.361 e. The molecule has 1 aromatic carbocycles. The van der Waals surface area contributed by atoms with Gasteiger partial charge in [-0.25, -0.2) is 19.9 Å². The first kappa shape index (κ1) is 11.8. The second-order valence-corrected chi connectivity index (χ2v) is 4.80. The van der Waals surface area contributed by atoms with Crippen molar-refractivity contribution in [3.05, 3.63) is 42.2 Å². The normalized spacial score (nSPS) is 11.3. The Hall–Kier alpha value is -2.96. The van der Waals surface area contributed by atoms with E-state index in [4.69, 9.17) is 0 Å². The zero-order valence-electron chi connectivity index (χ0n) is 11.4. The maximum atomic E-state index is 4.53. The summed E-state index contributed by atoms with van der Waals surface area (Å²) >= 11 is 0. The number of nitrogens with zero attached hydrogens (tertiary/aromatic N) is 4. The molecule has 21 heavy (non-hydrogen) atoms. The highest BCUT2D eigenvalue weighted by atomic mass is 15.1. The molecule has 0 saturated heterocycles. The number of para-hydroxylation sites is 2. The van der Waals surface area contributed by atoms with E-state index in [2.05, 4.69) is 35.2 Å². The summed E-state index contributed by atoms with van der Waals surface area (Å²) in [5.41, 5.74) is 3.46. The summed E-state index contributed by atoms with van der Waals surface area (Å²) in [5.74, 6) is 2.40. The predicted molar refractivity (Wildman–Crippen MR) is 79.8 cm³/mol. The smallest absolute Gasteiger partial charge is 0.183 e. The molecule has 0 aliphatic rings. The topological polar surface area (TPSA) is 95.2 Å². The molecule has 0 fully saturated rings. The third-order valence-electron chi connectivity index (χ3n) is 3.27. The molecule has 3 aromatic heterocycles. The zero-order chi connectivity index (χ0) is 14.2. The Morgan fingerprint density at radius 1 is 1.10 bits per heavy atom. The molecular weight excluding hydrogens is 266 g/mol. The van der Waals surface area contributed by atoms with Crippen molar-refractivity contribution in [1.82, 2.24) is 29.9 Å². The highest BCUT2D eigenvalue weighted by molar-refractivity contribution is 5.82. The number of fused-ring (bicyclic) bond motifs is 2. The zero-order valence-corrected chi connectivity index (χ0v) is 11.4. The number of hydrogen-bond donors (Lipinski definition) is 3. The third-order valence-corrected chi connectivity index (χ3v) is 3.27. The molecule has 3 N–H and O–H groups in total. The number of rotatable bonds is 3. The van der Waals surface area contributed by atoms with Crippen molar-refractivity contribution in [2.75, 3.05) is 5.32 Å². The fourth-order valence-electron chi connectivity index (χ4n) is 2.33. The van der Waals surface area contributed by atoms with Crippen LogP contribution in [0.3, 0.4) is 0 Å². The molecule has 0 aliphatic heterocycles. The number of aryl methyl sites for hydroxylation is 1. The van der Waals surface area contributed by atoms with Crippen LogP contribution in [0.1, 0.15) is 11.6 Å². The van der Waals surface area contributed by atoms with E-state index in [1.807, 2.05) is 31.2 Å². The number of aromatic nitrogens is 6. The van der Waals surface area contributed by atoms with Crippen LogP contribution in [-0.4, -0.2) is 29.9 Å². The lowest BCUT2D eigenvalue weighted by molar-refractivity contribution is 0.996. The van der Waals surface area contributed by atoms with Crippen molar-refractivity contribution in [3.8, 4) is 0 Å². The average molecular weight is 279 g/mol. The molecule has 0 spiro atoms. The van der Waals surface area contributed by atoms with Crippen LogP contribution in [-0.2, 0) is 6.54 Å². The van der Waals surface area contributed by atoms with Gasteiger partial charge in [0.15, 0.2) is 11.5 Å². The van der Waals surface area contributed by atoms with Gasteiger partial charge in [0.2, 0.25) is 0 Å². The van der Waals surface area contributed by atoms with Gasteiger partial charge >= 0.3 is 0 Å². The molecule has 0 radical (unpaired) electrons. The fraction of sp³-hybridized carbons (Fsp3) is 0.143. The van der Waals surface area contributed by atoms with E-state index in [1.54, 1.807) is 0 Å². The molecular formula is C14H13N7. The fourth-order valence-corrected chi connectivity index (χ4v) is 2.33. The van der Waals surface area contributed by atoms with Gasteiger partial charge in [-0.3, -0.25) is 0 Å². The van der Waals surface area contributed by atoms with Gasteiger partial charge < -0.3 is 15.3 Å². The average Bonchev–Trinajstić information content (AvgIpc) is 3.06. The van der Waals surface area contributed by atoms with E-state index in [-0.39, 0.29) is 0 Å². The van der Waals surface area contributed by atoms with E-state index < -0.39 is 0 Å². The van der Waals surface area contributed by atoms with E-state index in [1.165, 1.54) is 6.33 Å². The Labute approximate surface area is 119 Å². The summed E-state index contributed by atoms with van der Waals surface area (Å²) in [4.78, 5) is 23.6. The summed E-state index contributed by atoms with van der Waals surface area (Å²) in [5, 5.41) is 3.26. The van der Waals surface area contributed by atoms with Gasteiger partial charge in [0.25, 0.3) is 0 Å². The van der Waals surface area contributed by atoms with Crippen molar-refractivity contribution < 1.29 is 0 Å². The Morgan fingerprint density at radius 3 is 2.90 bits per heavy atom. The summed E-state index contributed by atoms with van der Waals surface area (Å²) < 4.78 is 0. The SMILES string of the molecule is Cc1nc2ncnc(NCc3nc4ccccc4[nH]3)c2[nH]1. The second kappa shape index (κ2) is 4.55. The summed E-state index contributed by atoms with van der Waals surface area (Å²) in [7, 11) is 0. The van der Waals surface area contributed by atoms with Crippen LogP contribution in [0.4, 0.5) is 5.82 Å². The molecule has 3 heterocycles. The lowest BCUT2D eigenvalue weighted by Crippen LogP contribution is -2.04. The lowest BCUT2D eigenvalue weighted by Gasteiger charge is -2.03. The molecule has 0 atom stereocenters. The first-order valence-corrected chi connectivity index (χ1v) is 6.64.